The number of carboxylic acids is 1. The van der Waals surface area contributed by atoms with Crippen LogP contribution in [0, 0.1) is 0 Å². The number of esters is 1. The van der Waals surface area contributed by atoms with Crippen LogP contribution in [0.25, 0.3) is 0 Å². The van der Waals surface area contributed by atoms with E-state index in [9.17, 15) is 9.59 Å². The SMILES string of the molecule is CC(C)OC(=O)COc1c(Cl)cccc1C(=O)O. The molecule has 0 amide bonds. The Morgan fingerprint density at radius 1 is 1.39 bits per heavy atom. The average molecular weight is 273 g/mol. The van der Waals surface area contributed by atoms with Gasteiger partial charge < -0.3 is 14.6 Å². The molecule has 0 saturated carbocycles. The van der Waals surface area contributed by atoms with E-state index in [1.54, 1.807) is 13.8 Å². The second-order valence-electron chi connectivity index (χ2n) is 3.75. The van der Waals surface area contributed by atoms with Gasteiger partial charge in [-0.05, 0) is 26.0 Å². The van der Waals surface area contributed by atoms with E-state index < -0.39 is 11.9 Å². The Balaban J connectivity index is 2.78. The molecule has 18 heavy (non-hydrogen) atoms. The van der Waals surface area contributed by atoms with Gasteiger partial charge in [-0.25, -0.2) is 9.59 Å². The van der Waals surface area contributed by atoms with Gasteiger partial charge in [0.15, 0.2) is 12.4 Å². The molecule has 98 valence electrons. The van der Waals surface area contributed by atoms with Crippen molar-refractivity contribution < 1.29 is 24.2 Å². The van der Waals surface area contributed by atoms with Crippen LogP contribution in [0.4, 0.5) is 0 Å². The molecule has 0 saturated heterocycles. The first-order valence-corrected chi connectivity index (χ1v) is 5.63. The summed E-state index contributed by atoms with van der Waals surface area (Å²) in [6.07, 6.45) is -0.258. The minimum absolute atomic E-state index is 0.0348. The van der Waals surface area contributed by atoms with Crippen LogP contribution in [0.5, 0.6) is 5.75 Å². The van der Waals surface area contributed by atoms with Crippen molar-refractivity contribution >= 4 is 23.5 Å². The zero-order chi connectivity index (χ0) is 13.7. The Kier molecular flexibility index (Phi) is 4.97. The van der Waals surface area contributed by atoms with Gasteiger partial charge in [0.05, 0.1) is 11.1 Å². The fourth-order valence-electron chi connectivity index (χ4n) is 1.25. The van der Waals surface area contributed by atoms with Crippen molar-refractivity contribution in [2.45, 2.75) is 20.0 Å². The van der Waals surface area contributed by atoms with Crippen molar-refractivity contribution in [2.75, 3.05) is 6.61 Å². The number of halogens is 1. The predicted molar refractivity (Wildman–Crippen MR) is 65.1 cm³/mol. The van der Waals surface area contributed by atoms with E-state index >= 15 is 0 Å². The number of carbonyl (C=O) groups excluding carboxylic acids is 1. The number of ether oxygens (including phenoxy) is 2. The number of rotatable bonds is 5. The Bertz CT molecular complexity index is 456. The zero-order valence-electron chi connectivity index (χ0n) is 9.97. The van der Waals surface area contributed by atoms with Crippen molar-refractivity contribution in [1.82, 2.24) is 0 Å². The molecule has 0 atom stereocenters. The predicted octanol–water partition coefficient (Wildman–Crippen LogP) is 2.37. The molecule has 0 fully saturated rings. The van der Waals surface area contributed by atoms with Crippen LogP contribution >= 0.6 is 11.6 Å². The van der Waals surface area contributed by atoms with Gasteiger partial charge >= 0.3 is 11.9 Å². The van der Waals surface area contributed by atoms with Crippen LogP contribution in [0.2, 0.25) is 5.02 Å². The molecule has 5 nitrogen and oxygen atoms in total. The van der Waals surface area contributed by atoms with E-state index in [-0.39, 0.29) is 29.0 Å². The van der Waals surface area contributed by atoms with E-state index in [1.165, 1.54) is 18.2 Å². The topological polar surface area (TPSA) is 72.8 Å². The van der Waals surface area contributed by atoms with Crippen LogP contribution in [0.3, 0.4) is 0 Å². The third kappa shape index (κ3) is 3.92. The lowest BCUT2D eigenvalue weighted by molar-refractivity contribution is -0.149. The summed E-state index contributed by atoms with van der Waals surface area (Å²) in [5, 5.41) is 9.08. The largest absolute Gasteiger partial charge is 0.479 e. The molecule has 0 unspecified atom stereocenters. The Morgan fingerprint density at radius 3 is 2.61 bits per heavy atom. The number of aromatic carboxylic acids is 1. The molecule has 1 N–H and O–H groups in total. The highest BCUT2D eigenvalue weighted by atomic mass is 35.5. The molecule has 0 aliphatic carbocycles. The van der Waals surface area contributed by atoms with E-state index in [0.717, 1.165) is 0 Å². The van der Waals surface area contributed by atoms with Gasteiger partial charge in [-0.2, -0.15) is 0 Å². The standard InChI is InChI=1S/C12H13ClO5/c1-7(2)18-10(14)6-17-11-8(12(15)16)4-3-5-9(11)13/h3-5,7H,6H2,1-2H3,(H,15,16). The van der Waals surface area contributed by atoms with Crippen molar-refractivity contribution in [1.29, 1.82) is 0 Å². The molecular weight excluding hydrogens is 260 g/mol. The summed E-state index contributed by atoms with van der Waals surface area (Å²) in [7, 11) is 0. The smallest absolute Gasteiger partial charge is 0.344 e. The first-order valence-electron chi connectivity index (χ1n) is 5.26. The molecule has 0 bridgehead atoms. The monoisotopic (exact) mass is 272 g/mol. The average Bonchev–Trinajstić information content (AvgIpc) is 2.25. The van der Waals surface area contributed by atoms with Crippen molar-refractivity contribution in [3.63, 3.8) is 0 Å². The molecular formula is C12H13ClO5. The summed E-state index contributed by atoms with van der Waals surface area (Å²) in [4.78, 5) is 22.2. The number of carbonyl (C=O) groups is 2. The summed E-state index contributed by atoms with van der Waals surface area (Å²) in [6, 6.07) is 4.32. The fraction of sp³-hybridized carbons (Fsp3) is 0.333. The second kappa shape index (κ2) is 6.26. The van der Waals surface area contributed by atoms with E-state index in [2.05, 4.69) is 0 Å². The third-order valence-electron chi connectivity index (χ3n) is 1.90. The molecule has 1 aromatic carbocycles. The number of carboxylic acid groups (broad SMARTS) is 1. The summed E-state index contributed by atoms with van der Waals surface area (Å²) < 4.78 is 9.96. The highest BCUT2D eigenvalue weighted by Crippen LogP contribution is 2.28. The lowest BCUT2D eigenvalue weighted by atomic mass is 10.2. The van der Waals surface area contributed by atoms with Crippen LogP contribution in [-0.2, 0) is 9.53 Å². The minimum atomic E-state index is -1.18. The molecule has 6 heteroatoms. The van der Waals surface area contributed by atoms with Gasteiger partial charge in [-0.15, -0.1) is 0 Å². The molecule has 1 aromatic rings. The fourth-order valence-corrected chi connectivity index (χ4v) is 1.48. The van der Waals surface area contributed by atoms with E-state index in [4.69, 9.17) is 26.2 Å². The van der Waals surface area contributed by atoms with Crippen LogP contribution in [0.15, 0.2) is 18.2 Å². The van der Waals surface area contributed by atoms with Crippen molar-refractivity contribution in [2.24, 2.45) is 0 Å². The quantitative estimate of drug-likeness (QED) is 0.833. The summed E-state index contributed by atoms with van der Waals surface area (Å²) >= 11 is 5.82. The number of benzene rings is 1. The maximum absolute atomic E-state index is 11.3. The highest BCUT2D eigenvalue weighted by Gasteiger charge is 2.16. The zero-order valence-corrected chi connectivity index (χ0v) is 10.7. The summed E-state index contributed by atoms with van der Waals surface area (Å²) in [5.41, 5.74) is -0.0974. The van der Waals surface area contributed by atoms with Gasteiger partial charge in [0, 0.05) is 0 Å². The van der Waals surface area contributed by atoms with Crippen LogP contribution in [0.1, 0.15) is 24.2 Å². The molecule has 0 aliphatic rings. The molecule has 0 heterocycles. The molecule has 0 aromatic heterocycles. The Morgan fingerprint density at radius 2 is 2.06 bits per heavy atom. The normalized spacial score (nSPS) is 10.2. The minimum Gasteiger partial charge on any atom is -0.479 e. The molecule has 0 spiro atoms. The Hall–Kier alpha value is -1.75. The Labute approximate surface area is 109 Å². The van der Waals surface area contributed by atoms with Gasteiger partial charge in [0.25, 0.3) is 0 Å². The van der Waals surface area contributed by atoms with Gasteiger partial charge in [0.1, 0.15) is 5.56 Å². The maximum atomic E-state index is 11.3. The molecule has 0 aliphatic heterocycles. The lowest BCUT2D eigenvalue weighted by Crippen LogP contribution is -2.19. The van der Waals surface area contributed by atoms with Gasteiger partial charge in [-0.1, -0.05) is 17.7 Å². The lowest BCUT2D eigenvalue weighted by Gasteiger charge is -2.11. The third-order valence-corrected chi connectivity index (χ3v) is 2.20. The summed E-state index contributed by atoms with van der Waals surface area (Å²) in [6.45, 7) is 3.02. The van der Waals surface area contributed by atoms with Crippen LogP contribution in [-0.4, -0.2) is 29.8 Å². The van der Waals surface area contributed by atoms with Crippen molar-refractivity contribution in [3.8, 4) is 5.75 Å². The number of hydrogen-bond acceptors (Lipinski definition) is 4. The molecule has 0 radical (unpaired) electrons. The molecule has 1 rings (SSSR count). The van der Waals surface area contributed by atoms with Crippen molar-refractivity contribution in [3.05, 3.63) is 28.8 Å². The van der Waals surface area contributed by atoms with E-state index in [0.29, 0.717) is 0 Å². The van der Waals surface area contributed by atoms with Crippen LogP contribution < -0.4 is 4.74 Å². The highest BCUT2D eigenvalue weighted by molar-refractivity contribution is 6.32. The summed E-state index contributed by atoms with van der Waals surface area (Å²) in [5.74, 6) is -1.79. The number of para-hydroxylation sites is 1. The first-order chi connectivity index (χ1) is 8.41. The second-order valence-corrected chi connectivity index (χ2v) is 4.16. The van der Waals surface area contributed by atoms with Gasteiger partial charge in [-0.3, -0.25) is 0 Å². The van der Waals surface area contributed by atoms with Gasteiger partial charge in [0.2, 0.25) is 0 Å². The number of hydrogen-bond donors (Lipinski definition) is 1. The first kappa shape index (κ1) is 14.3. The maximum Gasteiger partial charge on any atom is 0.344 e. The van der Waals surface area contributed by atoms with E-state index in [1.807, 2.05) is 0 Å².